The standard InChI is InChI=1S/C15H23BrN4O/c1-9-6-10(2)19-14(18-9)13(8-17)15(21)20-12-5-3-4-11(16)7-12/h3-5,7,9-10,13-14,18-19H,6,8,17H2,1-2H3,(H,20,21). The van der Waals surface area contributed by atoms with Crippen LogP contribution in [0.25, 0.3) is 0 Å². The van der Waals surface area contributed by atoms with E-state index in [1.807, 2.05) is 24.3 Å². The molecule has 1 amide bonds. The molecule has 5 N–H and O–H groups in total. The molecule has 1 heterocycles. The Labute approximate surface area is 134 Å². The molecule has 21 heavy (non-hydrogen) atoms. The number of anilines is 1. The third kappa shape index (κ3) is 4.51. The Balaban J connectivity index is 2.04. The van der Waals surface area contributed by atoms with Crippen LogP contribution in [0.1, 0.15) is 20.3 Å². The number of hydrogen-bond donors (Lipinski definition) is 4. The van der Waals surface area contributed by atoms with Crippen molar-refractivity contribution in [2.45, 2.75) is 38.5 Å². The molecule has 5 nitrogen and oxygen atoms in total. The minimum absolute atomic E-state index is 0.0677. The number of benzene rings is 1. The zero-order valence-corrected chi connectivity index (χ0v) is 14.0. The molecule has 3 atom stereocenters. The number of halogens is 1. The second kappa shape index (κ2) is 7.35. The normalized spacial score (nSPS) is 27.1. The van der Waals surface area contributed by atoms with Gasteiger partial charge in [-0.15, -0.1) is 0 Å². The maximum atomic E-state index is 12.5. The molecule has 2 rings (SSSR count). The molecule has 1 saturated heterocycles. The Morgan fingerprint density at radius 1 is 1.43 bits per heavy atom. The summed E-state index contributed by atoms with van der Waals surface area (Å²) >= 11 is 3.40. The van der Waals surface area contributed by atoms with E-state index in [1.165, 1.54) is 0 Å². The first-order valence-corrected chi connectivity index (χ1v) is 8.07. The lowest BCUT2D eigenvalue weighted by molar-refractivity contribution is -0.121. The van der Waals surface area contributed by atoms with E-state index in [0.29, 0.717) is 18.6 Å². The number of nitrogens with one attached hydrogen (secondary N) is 3. The first kappa shape index (κ1) is 16.4. The quantitative estimate of drug-likeness (QED) is 0.662. The Morgan fingerprint density at radius 3 is 2.67 bits per heavy atom. The van der Waals surface area contributed by atoms with Crippen LogP contribution in [-0.4, -0.2) is 30.7 Å². The van der Waals surface area contributed by atoms with Crippen LogP contribution in [0.15, 0.2) is 28.7 Å². The smallest absolute Gasteiger partial charge is 0.231 e. The summed E-state index contributed by atoms with van der Waals surface area (Å²) < 4.78 is 0.931. The highest BCUT2D eigenvalue weighted by Crippen LogP contribution is 2.18. The predicted molar refractivity (Wildman–Crippen MR) is 88.9 cm³/mol. The van der Waals surface area contributed by atoms with E-state index in [-0.39, 0.29) is 18.0 Å². The lowest BCUT2D eigenvalue weighted by Gasteiger charge is -2.38. The molecule has 6 heteroatoms. The number of nitrogens with two attached hydrogens (primary N) is 1. The molecule has 0 saturated carbocycles. The minimum Gasteiger partial charge on any atom is -0.330 e. The third-order valence-electron chi connectivity index (χ3n) is 3.72. The SMILES string of the molecule is CC1CC(C)NC(C(CN)C(=O)Nc2cccc(Br)c2)N1. The highest BCUT2D eigenvalue weighted by atomic mass is 79.9. The summed E-state index contributed by atoms with van der Waals surface area (Å²) in [5, 5.41) is 9.76. The van der Waals surface area contributed by atoms with E-state index in [1.54, 1.807) is 0 Å². The first-order valence-electron chi connectivity index (χ1n) is 7.28. The molecule has 1 aliphatic rings. The fraction of sp³-hybridized carbons (Fsp3) is 0.533. The third-order valence-corrected chi connectivity index (χ3v) is 4.21. The van der Waals surface area contributed by atoms with Gasteiger partial charge in [0, 0.05) is 28.8 Å². The number of carbonyl (C=O) groups is 1. The topological polar surface area (TPSA) is 79.2 Å². The molecule has 0 radical (unpaired) electrons. The van der Waals surface area contributed by atoms with Crippen molar-refractivity contribution in [2.24, 2.45) is 11.7 Å². The highest BCUT2D eigenvalue weighted by molar-refractivity contribution is 9.10. The van der Waals surface area contributed by atoms with Gasteiger partial charge in [-0.1, -0.05) is 22.0 Å². The number of rotatable bonds is 4. The van der Waals surface area contributed by atoms with Crippen LogP contribution in [-0.2, 0) is 4.79 Å². The van der Waals surface area contributed by atoms with Crippen molar-refractivity contribution in [1.29, 1.82) is 0 Å². The molecule has 1 aliphatic heterocycles. The summed E-state index contributed by atoms with van der Waals surface area (Å²) in [5.41, 5.74) is 6.60. The van der Waals surface area contributed by atoms with Crippen molar-refractivity contribution in [2.75, 3.05) is 11.9 Å². The van der Waals surface area contributed by atoms with Crippen molar-refractivity contribution in [1.82, 2.24) is 10.6 Å². The molecule has 1 fully saturated rings. The summed E-state index contributed by atoms with van der Waals surface area (Å²) in [6.45, 7) is 4.55. The van der Waals surface area contributed by atoms with Gasteiger partial charge >= 0.3 is 0 Å². The van der Waals surface area contributed by atoms with Crippen molar-refractivity contribution >= 4 is 27.5 Å². The molecule has 0 aromatic heterocycles. The van der Waals surface area contributed by atoms with E-state index >= 15 is 0 Å². The van der Waals surface area contributed by atoms with Gasteiger partial charge in [0.1, 0.15) is 0 Å². The largest absolute Gasteiger partial charge is 0.330 e. The van der Waals surface area contributed by atoms with Crippen LogP contribution in [0.4, 0.5) is 5.69 Å². The van der Waals surface area contributed by atoms with Gasteiger partial charge in [-0.3, -0.25) is 15.4 Å². The minimum atomic E-state index is -0.311. The first-order chi connectivity index (χ1) is 9.99. The zero-order chi connectivity index (χ0) is 15.4. The van der Waals surface area contributed by atoms with Crippen molar-refractivity contribution in [3.8, 4) is 0 Å². The summed E-state index contributed by atoms with van der Waals surface area (Å²) in [5.74, 6) is -0.379. The summed E-state index contributed by atoms with van der Waals surface area (Å²) in [6.07, 6.45) is 0.946. The lowest BCUT2D eigenvalue weighted by Crippen LogP contribution is -2.62. The van der Waals surface area contributed by atoms with Gasteiger partial charge in [0.05, 0.1) is 12.1 Å². The molecular weight excluding hydrogens is 332 g/mol. The van der Waals surface area contributed by atoms with Crippen LogP contribution in [0.2, 0.25) is 0 Å². The van der Waals surface area contributed by atoms with E-state index in [9.17, 15) is 4.79 Å². The fourth-order valence-electron chi connectivity index (χ4n) is 2.76. The average Bonchev–Trinajstić information content (AvgIpc) is 2.38. The van der Waals surface area contributed by atoms with Gasteiger partial charge in [-0.05, 0) is 38.5 Å². The van der Waals surface area contributed by atoms with Gasteiger partial charge in [0.15, 0.2) is 0 Å². The molecule has 116 valence electrons. The van der Waals surface area contributed by atoms with Crippen LogP contribution < -0.4 is 21.7 Å². The number of amides is 1. The van der Waals surface area contributed by atoms with E-state index < -0.39 is 0 Å². The second-order valence-corrected chi connectivity index (χ2v) is 6.61. The average molecular weight is 355 g/mol. The van der Waals surface area contributed by atoms with Gasteiger partial charge in [0.25, 0.3) is 0 Å². The maximum Gasteiger partial charge on any atom is 0.231 e. The predicted octanol–water partition coefficient (Wildman–Crippen LogP) is 1.65. The van der Waals surface area contributed by atoms with E-state index in [4.69, 9.17) is 5.73 Å². The summed E-state index contributed by atoms with van der Waals surface area (Å²) in [4.78, 5) is 12.5. The van der Waals surface area contributed by atoms with Gasteiger partial charge in [-0.2, -0.15) is 0 Å². The summed E-state index contributed by atoms with van der Waals surface area (Å²) in [7, 11) is 0. The second-order valence-electron chi connectivity index (χ2n) is 5.69. The van der Waals surface area contributed by atoms with Crippen molar-refractivity contribution in [3.05, 3.63) is 28.7 Å². The van der Waals surface area contributed by atoms with E-state index in [2.05, 4.69) is 45.7 Å². The lowest BCUT2D eigenvalue weighted by atomic mass is 9.98. The molecule has 0 spiro atoms. The molecule has 3 unspecified atom stereocenters. The van der Waals surface area contributed by atoms with Gasteiger partial charge in [0.2, 0.25) is 5.91 Å². The van der Waals surface area contributed by atoms with Crippen LogP contribution >= 0.6 is 15.9 Å². The van der Waals surface area contributed by atoms with Crippen LogP contribution in [0.5, 0.6) is 0 Å². The van der Waals surface area contributed by atoms with Crippen molar-refractivity contribution in [3.63, 3.8) is 0 Å². The number of carbonyl (C=O) groups excluding carboxylic acids is 1. The van der Waals surface area contributed by atoms with Gasteiger partial charge < -0.3 is 11.1 Å². The maximum absolute atomic E-state index is 12.5. The molecule has 1 aromatic carbocycles. The fourth-order valence-corrected chi connectivity index (χ4v) is 3.15. The monoisotopic (exact) mass is 354 g/mol. The highest BCUT2D eigenvalue weighted by Gasteiger charge is 2.32. The molecule has 0 bridgehead atoms. The Kier molecular flexibility index (Phi) is 5.75. The summed E-state index contributed by atoms with van der Waals surface area (Å²) in [6, 6.07) is 8.29. The van der Waals surface area contributed by atoms with E-state index in [0.717, 1.165) is 16.6 Å². The van der Waals surface area contributed by atoms with Gasteiger partial charge in [-0.25, -0.2) is 0 Å². The van der Waals surface area contributed by atoms with Crippen molar-refractivity contribution < 1.29 is 4.79 Å². The zero-order valence-electron chi connectivity index (χ0n) is 12.4. The number of hydrogen-bond acceptors (Lipinski definition) is 4. The Bertz CT molecular complexity index is 486. The Morgan fingerprint density at radius 2 is 2.10 bits per heavy atom. The molecular formula is C15H23BrN4O. The van der Waals surface area contributed by atoms with Crippen LogP contribution in [0, 0.1) is 5.92 Å². The molecule has 1 aromatic rings. The Hall–Kier alpha value is -0.950. The molecule has 0 aliphatic carbocycles. The van der Waals surface area contributed by atoms with Crippen LogP contribution in [0.3, 0.4) is 0 Å².